The minimum absolute atomic E-state index is 0.0610. The van der Waals surface area contributed by atoms with Crippen LogP contribution < -0.4 is 14.2 Å². The van der Waals surface area contributed by atoms with Gasteiger partial charge in [-0.15, -0.1) is 0 Å². The van der Waals surface area contributed by atoms with Gasteiger partial charge in [-0.05, 0) is 36.8 Å². The Bertz CT molecular complexity index is 1140. The fraction of sp³-hybridized carbons (Fsp3) is 0.435. The lowest BCUT2D eigenvalue weighted by Crippen LogP contribution is -2.47. The molecule has 0 radical (unpaired) electrons. The number of aliphatic hydroxyl groups is 1. The maximum atomic E-state index is 12.9. The summed E-state index contributed by atoms with van der Waals surface area (Å²) in [6.07, 6.45) is -0.622. The zero-order chi connectivity index (χ0) is 23.8. The van der Waals surface area contributed by atoms with Gasteiger partial charge in [0.15, 0.2) is 0 Å². The van der Waals surface area contributed by atoms with Gasteiger partial charge in [-0.2, -0.15) is 0 Å². The number of nitrogens with one attached hydrogen (secondary N) is 1. The van der Waals surface area contributed by atoms with E-state index < -0.39 is 22.2 Å². The van der Waals surface area contributed by atoms with Crippen molar-refractivity contribution in [3.8, 4) is 11.5 Å². The molecule has 2 aliphatic rings. The van der Waals surface area contributed by atoms with Gasteiger partial charge in [0.25, 0.3) is 10.0 Å². The first kappa shape index (κ1) is 23.3. The first-order valence-corrected chi connectivity index (χ1v) is 12.1. The van der Waals surface area contributed by atoms with Crippen LogP contribution in [0.1, 0.15) is 24.3 Å². The summed E-state index contributed by atoms with van der Waals surface area (Å²) in [7, 11) is 1.02. The van der Waals surface area contributed by atoms with Crippen LogP contribution in [0, 0.1) is 0 Å². The second kappa shape index (κ2) is 9.20. The van der Waals surface area contributed by atoms with Gasteiger partial charge in [-0.25, -0.2) is 8.42 Å². The maximum Gasteiger partial charge on any atom is 0.262 e. The molecule has 33 heavy (non-hydrogen) atoms. The molecule has 4 rings (SSSR count). The molecule has 0 saturated carbocycles. The van der Waals surface area contributed by atoms with Crippen LogP contribution >= 0.6 is 0 Å². The third-order valence-corrected chi connectivity index (χ3v) is 7.38. The van der Waals surface area contributed by atoms with Gasteiger partial charge in [0.1, 0.15) is 23.7 Å². The third-order valence-electron chi connectivity index (χ3n) is 6.00. The van der Waals surface area contributed by atoms with E-state index in [2.05, 4.69) is 4.72 Å². The number of amides is 1. The molecule has 0 unspecified atom stereocenters. The zero-order valence-electron chi connectivity index (χ0n) is 18.7. The molecule has 0 bridgehead atoms. The van der Waals surface area contributed by atoms with E-state index in [0.717, 1.165) is 5.56 Å². The summed E-state index contributed by atoms with van der Waals surface area (Å²) in [4.78, 5) is 13.8. The number of carbonyl (C=O) groups excluding carboxylic acids is 1. The number of hydrogen-bond donors (Lipinski definition) is 2. The Morgan fingerprint density at radius 1 is 1.24 bits per heavy atom. The lowest BCUT2D eigenvalue weighted by atomic mass is 9.84. The van der Waals surface area contributed by atoms with Gasteiger partial charge < -0.3 is 24.2 Å². The Balaban J connectivity index is 1.58. The molecule has 2 heterocycles. The van der Waals surface area contributed by atoms with Crippen molar-refractivity contribution in [2.24, 2.45) is 0 Å². The van der Waals surface area contributed by atoms with Crippen LogP contribution in [0.5, 0.6) is 11.5 Å². The lowest BCUT2D eigenvalue weighted by Gasteiger charge is -2.37. The number of carbonyl (C=O) groups is 1. The van der Waals surface area contributed by atoms with Crippen LogP contribution in [0.2, 0.25) is 0 Å². The molecule has 0 aliphatic carbocycles. The number of nitrogens with zero attached hydrogens (tertiary/aromatic N) is 1. The van der Waals surface area contributed by atoms with Crippen LogP contribution in [-0.2, 0) is 19.6 Å². The number of methoxy groups -OCH3 is 1. The predicted molar refractivity (Wildman–Crippen MR) is 121 cm³/mol. The number of aliphatic hydroxyl groups excluding tert-OH is 1. The summed E-state index contributed by atoms with van der Waals surface area (Å²) in [5, 5.41) is 9.85. The predicted octanol–water partition coefficient (Wildman–Crippen LogP) is 1.97. The second-order valence-electron chi connectivity index (χ2n) is 8.43. The molecule has 178 valence electrons. The fourth-order valence-electron chi connectivity index (χ4n) is 4.31. The maximum absolute atomic E-state index is 12.9. The molecule has 0 spiro atoms. The number of fused-ring (bicyclic) bond motifs is 3. The number of benzene rings is 2. The van der Waals surface area contributed by atoms with Crippen LogP contribution in [0.4, 0.5) is 5.69 Å². The highest BCUT2D eigenvalue weighted by atomic mass is 32.2. The smallest absolute Gasteiger partial charge is 0.262 e. The van der Waals surface area contributed by atoms with Gasteiger partial charge in [-0.1, -0.05) is 6.07 Å². The lowest BCUT2D eigenvalue weighted by molar-refractivity contribution is -0.147. The van der Waals surface area contributed by atoms with E-state index in [9.17, 15) is 18.3 Å². The molecule has 10 heteroatoms. The summed E-state index contributed by atoms with van der Waals surface area (Å²) in [6.45, 7) is -0.239. The molecular formula is C23H28N2O7S. The molecule has 2 N–H and O–H groups in total. The average molecular weight is 477 g/mol. The molecule has 1 fully saturated rings. The third kappa shape index (κ3) is 4.78. The van der Waals surface area contributed by atoms with Crippen LogP contribution in [-0.4, -0.2) is 70.5 Å². The first-order valence-electron chi connectivity index (χ1n) is 10.7. The van der Waals surface area contributed by atoms with Crippen molar-refractivity contribution in [1.29, 1.82) is 0 Å². The van der Waals surface area contributed by atoms with Gasteiger partial charge in [0.05, 0.1) is 31.1 Å². The number of ether oxygens (including phenoxy) is 3. The summed E-state index contributed by atoms with van der Waals surface area (Å²) in [5.41, 5.74) is 1.23. The van der Waals surface area contributed by atoms with Crippen molar-refractivity contribution in [1.82, 2.24) is 4.90 Å². The fourth-order valence-corrected chi connectivity index (χ4v) is 5.40. The number of sulfonamides is 1. The summed E-state index contributed by atoms with van der Waals surface area (Å²) in [5.74, 6) is 0.871. The topological polar surface area (TPSA) is 114 Å². The second-order valence-corrected chi connectivity index (χ2v) is 10.1. The Morgan fingerprint density at radius 2 is 2.03 bits per heavy atom. The largest absolute Gasteiger partial charge is 0.497 e. The molecule has 2 aliphatic heterocycles. The standard InChI is InChI=1S/C23H28N2O7S/c1-25(2)22(27)12-16-11-19-18-9-14(7-8-20(18)32-23(19)21(13-26)31-16)24-33(28,29)17-6-4-5-15(10-17)30-3/h4-10,16,19,21,23-24,26H,11-13H2,1-3H3/t16-,19-,21-,23+/m1/s1. The van der Waals surface area contributed by atoms with Crippen molar-refractivity contribution in [3.63, 3.8) is 0 Å². The zero-order valence-corrected chi connectivity index (χ0v) is 19.5. The first-order chi connectivity index (χ1) is 15.7. The molecule has 2 aromatic carbocycles. The van der Waals surface area contributed by atoms with E-state index in [4.69, 9.17) is 14.2 Å². The minimum Gasteiger partial charge on any atom is -0.497 e. The molecule has 1 saturated heterocycles. The Kier molecular flexibility index (Phi) is 6.51. The van der Waals surface area contributed by atoms with E-state index in [1.807, 2.05) is 0 Å². The van der Waals surface area contributed by atoms with E-state index in [1.54, 1.807) is 44.4 Å². The van der Waals surface area contributed by atoms with Crippen LogP contribution in [0.15, 0.2) is 47.4 Å². The molecule has 9 nitrogen and oxygen atoms in total. The number of anilines is 1. The van der Waals surface area contributed by atoms with Crippen molar-refractivity contribution >= 4 is 21.6 Å². The highest BCUT2D eigenvalue weighted by molar-refractivity contribution is 7.92. The highest BCUT2D eigenvalue weighted by Crippen LogP contribution is 2.47. The van der Waals surface area contributed by atoms with Crippen molar-refractivity contribution in [3.05, 3.63) is 48.0 Å². The molecule has 2 aromatic rings. The normalized spacial score (nSPS) is 23.8. The minimum atomic E-state index is -3.83. The van der Waals surface area contributed by atoms with Crippen molar-refractivity contribution < 1.29 is 32.5 Å². The summed E-state index contributed by atoms with van der Waals surface area (Å²) < 4.78 is 45.5. The monoisotopic (exact) mass is 476 g/mol. The van der Waals surface area contributed by atoms with Gasteiger partial charge >= 0.3 is 0 Å². The average Bonchev–Trinajstić information content (AvgIpc) is 3.16. The van der Waals surface area contributed by atoms with Gasteiger partial charge in [0.2, 0.25) is 5.91 Å². The van der Waals surface area contributed by atoms with E-state index in [0.29, 0.717) is 23.6 Å². The molecular weight excluding hydrogens is 448 g/mol. The van der Waals surface area contributed by atoms with Crippen molar-refractivity contribution in [2.75, 3.05) is 32.5 Å². The van der Waals surface area contributed by atoms with E-state index in [1.165, 1.54) is 24.1 Å². The van der Waals surface area contributed by atoms with Crippen LogP contribution in [0.3, 0.4) is 0 Å². The SMILES string of the molecule is COc1cccc(S(=O)(=O)Nc2ccc3c(c2)[C@H]2C[C@H](CC(=O)N(C)C)O[C@H](CO)[C@H]2O3)c1. The summed E-state index contributed by atoms with van der Waals surface area (Å²) in [6, 6.07) is 11.3. The van der Waals surface area contributed by atoms with E-state index >= 15 is 0 Å². The Labute approximate surface area is 193 Å². The Hall–Kier alpha value is -2.82. The summed E-state index contributed by atoms with van der Waals surface area (Å²) >= 11 is 0. The van der Waals surface area contributed by atoms with Crippen LogP contribution in [0.25, 0.3) is 0 Å². The van der Waals surface area contributed by atoms with Crippen molar-refractivity contribution in [2.45, 2.75) is 42.0 Å². The number of rotatable bonds is 7. The highest BCUT2D eigenvalue weighted by Gasteiger charge is 2.46. The molecule has 4 atom stereocenters. The van der Waals surface area contributed by atoms with Gasteiger partial charge in [-0.3, -0.25) is 9.52 Å². The molecule has 0 aromatic heterocycles. The molecule has 1 amide bonds. The quantitative estimate of drug-likeness (QED) is 0.628. The van der Waals surface area contributed by atoms with E-state index in [-0.39, 0.29) is 35.9 Å². The Morgan fingerprint density at radius 3 is 2.73 bits per heavy atom. The van der Waals surface area contributed by atoms with Gasteiger partial charge in [0, 0.05) is 37.3 Å². The number of hydrogen-bond acceptors (Lipinski definition) is 7.